The Balaban J connectivity index is 2.29. The summed E-state index contributed by atoms with van der Waals surface area (Å²) in [6, 6.07) is 4.46. The van der Waals surface area contributed by atoms with E-state index >= 15 is 0 Å². The molecule has 0 saturated heterocycles. The van der Waals surface area contributed by atoms with Crippen molar-refractivity contribution < 1.29 is 76.1 Å². The van der Waals surface area contributed by atoms with Crippen LogP contribution in [0.25, 0.3) is 0 Å². The molecule has 0 atom stereocenters. The van der Waals surface area contributed by atoms with Gasteiger partial charge in [0.15, 0.2) is 5.11 Å². The lowest BCUT2D eigenvalue weighted by Crippen LogP contribution is -2.61. The van der Waals surface area contributed by atoms with Gasteiger partial charge < -0.3 is 10.1 Å². The van der Waals surface area contributed by atoms with Crippen LogP contribution >= 0.6 is 44.1 Å². The monoisotopic (exact) mass is 792 g/mol. The second kappa shape index (κ2) is 12.5. The molecule has 0 bridgehead atoms. The van der Waals surface area contributed by atoms with Crippen LogP contribution in [0.1, 0.15) is 15.9 Å². The van der Waals surface area contributed by atoms with E-state index in [0.717, 1.165) is 6.07 Å². The van der Waals surface area contributed by atoms with Crippen LogP contribution in [0.15, 0.2) is 45.3 Å². The lowest BCUT2D eigenvalue weighted by molar-refractivity contribution is -0.535. The van der Waals surface area contributed by atoms with Gasteiger partial charge in [-0.3, -0.25) is 10.1 Å². The summed E-state index contributed by atoms with van der Waals surface area (Å²) in [5.74, 6) is -14.5. The average molecular weight is 794 g/mol. The van der Waals surface area contributed by atoms with E-state index in [1.165, 1.54) is 19.2 Å². The van der Waals surface area contributed by atoms with E-state index in [1.54, 1.807) is 4.74 Å². The van der Waals surface area contributed by atoms with Crippen molar-refractivity contribution in [2.75, 3.05) is 12.4 Å². The molecular formula is C21H11Br2F13N2O4S. The Morgan fingerprint density at radius 1 is 0.814 bits per heavy atom. The lowest BCUT2D eigenvalue weighted by Gasteiger charge is -2.35. The van der Waals surface area contributed by atoms with Crippen molar-refractivity contribution >= 4 is 60.8 Å². The highest BCUT2D eigenvalue weighted by atomic mass is 79.9. The number of amides is 1. The van der Waals surface area contributed by atoms with E-state index in [4.69, 9.17) is 17.0 Å². The molecule has 6 nitrogen and oxygen atoms in total. The maximum absolute atomic E-state index is 14.5. The zero-order valence-electron chi connectivity index (χ0n) is 20.2. The number of hydrogen-bond donors (Lipinski definition) is 2. The lowest BCUT2D eigenvalue weighted by atomic mass is 10.1. The molecule has 0 spiro atoms. The summed E-state index contributed by atoms with van der Waals surface area (Å²) in [5, 5.41) is 3.56. The zero-order valence-corrected chi connectivity index (χ0v) is 24.2. The van der Waals surface area contributed by atoms with Gasteiger partial charge in [-0.25, -0.2) is 9.47 Å². The molecule has 2 aromatic rings. The predicted molar refractivity (Wildman–Crippen MR) is 130 cm³/mol. The summed E-state index contributed by atoms with van der Waals surface area (Å²) in [7, 11) is 1.21. The van der Waals surface area contributed by atoms with Crippen molar-refractivity contribution in [3.8, 4) is 5.75 Å². The van der Waals surface area contributed by atoms with E-state index in [1.807, 2.05) is 0 Å². The molecule has 0 heterocycles. The number of ether oxygens (including phenoxy) is 3. The first kappa shape index (κ1) is 36.8. The topological polar surface area (TPSA) is 68.8 Å². The van der Waals surface area contributed by atoms with Gasteiger partial charge in [-0.05, 0) is 52.4 Å². The highest BCUT2D eigenvalue weighted by molar-refractivity contribution is 9.11. The Morgan fingerprint density at radius 2 is 1.37 bits per heavy atom. The van der Waals surface area contributed by atoms with Crippen molar-refractivity contribution in [3.63, 3.8) is 0 Å². The summed E-state index contributed by atoms with van der Waals surface area (Å²) < 4.78 is 183. The number of halogens is 15. The fourth-order valence-electron chi connectivity index (χ4n) is 2.90. The van der Waals surface area contributed by atoms with Crippen molar-refractivity contribution in [1.82, 2.24) is 5.32 Å². The third-order valence-electron chi connectivity index (χ3n) is 4.76. The van der Waals surface area contributed by atoms with Crippen LogP contribution in [0.4, 0.5) is 62.8 Å². The number of thiocarbonyl (C=S) groups is 1. The van der Waals surface area contributed by atoms with E-state index in [0.29, 0.717) is 15.0 Å². The molecule has 0 radical (unpaired) electrons. The summed E-state index contributed by atoms with van der Waals surface area (Å²) in [5.41, 5.74) is -2.72. The van der Waals surface area contributed by atoms with Gasteiger partial charge in [0.05, 0.1) is 17.1 Å². The molecule has 2 aromatic carbocycles. The minimum Gasteiger partial charge on any atom is -0.495 e. The van der Waals surface area contributed by atoms with Crippen LogP contribution in [0.5, 0.6) is 5.75 Å². The van der Waals surface area contributed by atoms with Gasteiger partial charge in [-0.1, -0.05) is 28.1 Å². The normalized spacial score (nSPS) is 13.5. The van der Waals surface area contributed by atoms with E-state index < -0.39 is 58.8 Å². The summed E-state index contributed by atoms with van der Waals surface area (Å²) in [6.07, 6.45) is -28.1. The Hall–Kier alpha value is -2.43. The van der Waals surface area contributed by atoms with Crippen LogP contribution in [0, 0.1) is 0 Å². The number of anilines is 1. The average Bonchev–Trinajstić information content (AvgIpc) is 2.81. The first-order valence-electron chi connectivity index (χ1n) is 10.4. The summed E-state index contributed by atoms with van der Waals surface area (Å²) in [6.45, 7) is 0. The maximum atomic E-state index is 14.5. The SMILES string of the molecule is COc1c(Br)cc(Br)cc1C(=O)NC(=S)Nc1cccc(C(F)(F)C(F)(F)OC(F)(F)C(F)(F)C(F)(F)OC(F)(F)F)c1. The fraction of sp³-hybridized carbons (Fsp3) is 0.333. The third kappa shape index (κ3) is 8.19. The molecule has 22 heteroatoms. The molecule has 2 N–H and O–H groups in total. The van der Waals surface area contributed by atoms with E-state index in [-0.39, 0.29) is 23.4 Å². The molecule has 0 unspecified atom stereocenters. The number of alkyl halides is 13. The van der Waals surface area contributed by atoms with Crippen molar-refractivity contribution in [2.45, 2.75) is 36.5 Å². The van der Waals surface area contributed by atoms with Gasteiger partial charge in [-0.15, -0.1) is 13.2 Å². The molecule has 43 heavy (non-hydrogen) atoms. The smallest absolute Gasteiger partial charge is 0.495 e. The molecule has 0 aliphatic carbocycles. The molecule has 0 aromatic heterocycles. The maximum Gasteiger partial charge on any atom is 0.527 e. The van der Waals surface area contributed by atoms with Gasteiger partial charge in [-0.2, -0.15) is 43.9 Å². The van der Waals surface area contributed by atoms with Crippen molar-refractivity contribution in [3.05, 3.63) is 56.5 Å². The standard InChI is InChI=1S/C21H11Br2F13N2O4S/c1-40-13-11(6-9(22)7-12(13)23)14(39)38-15(43)37-10-4-2-3-8(5-10)16(24,25)18(28,29)41-19(30,31)17(26,27)20(32,33)42-21(34,35)36/h2-7H,1H3,(H2,37,38,39,43). The highest BCUT2D eigenvalue weighted by Crippen LogP contribution is 2.54. The largest absolute Gasteiger partial charge is 0.527 e. The van der Waals surface area contributed by atoms with Gasteiger partial charge in [0, 0.05) is 15.7 Å². The van der Waals surface area contributed by atoms with E-state index in [9.17, 15) is 61.9 Å². The zero-order chi connectivity index (χ0) is 33.4. The minimum atomic E-state index is -7.55. The molecular weight excluding hydrogens is 783 g/mol. The second-order valence-corrected chi connectivity index (χ2v) is 9.98. The Kier molecular flexibility index (Phi) is 10.7. The Morgan fingerprint density at radius 3 is 1.91 bits per heavy atom. The quantitative estimate of drug-likeness (QED) is 0.186. The number of rotatable bonds is 10. The van der Waals surface area contributed by atoms with Crippen LogP contribution < -0.4 is 15.4 Å². The number of carbonyl (C=O) groups excluding carboxylic acids is 1. The van der Waals surface area contributed by atoms with Gasteiger partial charge >= 0.3 is 36.5 Å². The summed E-state index contributed by atoms with van der Waals surface area (Å²) >= 11 is 11.1. The number of nitrogens with one attached hydrogen (secondary N) is 2. The third-order valence-corrected chi connectivity index (χ3v) is 6.02. The molecule has 1 amide bonds. The number of benzene rings is 2. The second-order valence-electron chi connectivity index (χ2n) is 7.81. The van der Waals surface area contributed by atoms with Crippen LogP contribution in [-0.4, -0.2) is 48.7 Å². The highest BCUT2D eigenvalue weighted by Gasteiger charge is 2.80. The molecule has 0 aliphatic heterocycles. The molecule has 240 valence electrons. The number of carbonyl (C=O) groups is 1. The summed E-state index contributed by atoms with van der Waals surface area (Å²) in [4.78, 5) is 12.6. The molecule has 0 saturated carbocycles. The fourth-order valence-corrected chi connectivity index (χ4v) is 4.50. The van der Waals surface area contributed by atoms with Crippen molar-refractivity contribution in [2.24, 2.45) is 0 Å². The Bertz CT molecular complexity index is 1380. The Labute approximate surface area is 253 Å². The van der Waals surface area contributed by atoms with E-state index in [2.05, 4.69) is 47.2 Å². The number of methoxy groups -OCH3 is 1. The van der Waals surface area contributed by atoms with Crippen molar-refractivity contribution in [1.29, 1.82) is 0 Å². The van der Waals surface area contributed by atoms with Gasteiger partial charge in [0.25, 0.3) is 5.91 Å². The first-order chi connectivity index (χ1) is 19.3. The van der Waals surface area contributed by atoms with Crippen LogP contribution in [0.2, 0.25) is 0 Å². The van der Waals surface area contributed by atoms with Gasteiger partial charge in [0.1, 0.15) is 5.75 Å². The van der Waals surface area contributed by atoms with Crippen LogP contribution in [-0.2, 0) is 15.4 Å². The molecule has 2 rings (SSSR count). The van der Waals surface area contributed by atoms with Crippen LogP contribution in [0.3, 0.4) is 0 Å². The minimum absolute atomic E-state index is 0.0254. The molecule has 0 fully saturated rings. The number of hydrogen-bond acceptors (Lipinski definition) is 5. The first-order valence-corrected chi connectivity index (χ1v) is 12.4. The van der Waals surface area contributed by atoms with Gasteiger partial charge in [0.2, 0.25) is 0 Å². The molecule has 0 aliphatic rings. The predicted octanol–water partition coefficient (Wildman–Crippen LogP) is 8.41.